The number of fused-ring (bicyclic) bond motifs is 1. The number of aromatic hydroxyl groups is 1. The number of aliphatic hydroxyl groups excluding tert-OH is 1. The van der Waals surface area contributed by atoms with Gasteiger partial charge in [0.2, 0.25) is 0 Å². The fourth-order valence-corrected chi connectivity index (χ4v) is 2.19. The number of benzene rings is 1. The number of nitrogens with zero attached hydrogens (tertiary/aromatic N) is 3. The second kappa shape index (κ2) is 3.85. The number of phenolic OH excluding ortho intramolecular Hbond substituents is 1. The van der Waals surface area contributed by atoms with Gasteiger partial charge in [0, 0.05) is 12.0 Å². The van der Waals surface area contributed by atoms with Crippen LogP contribution in [0.15, 0.2) is 24.3 Å². The fourth-order valence-electron chi connectivity index (χ4n) is 2.19. The molecule has 5 heteroatoms. The van der Waals surface area contributed by atoms with Gasteiger partial charge in [-0.25, -0.2) is 0 Å². The maximum atomic E-state index is 9.98. The molecule has 0 spiro atoms. The molecule has 0 saturated carbocycles. The molecule has 88 valence electrons. The van der Waals surface area contributed by atoms with Crippen LogP contribution in [0.3, 0.4) is 0 Å². The predicted molar refractivity (Wildman–Crippen MR) is 61.3 cm³/mol. The number of rotatable bonds is 1. The Bertz CT molecular complexity index is 533. The third kappa shape index (κ3) is 1.68. The average Bonchev–Trinajstić information content (AvgIpc) is 2.75. The summed E-state index contributed by atoms with van der Waals surface area (Å²) in [5.41, 5.74) is 0.850. The molecule has 0 bridgehead atoms. The number of aryl methyl sites for hydroxylation is 1. The molecular weight excluding hydrogens is 218 g/mol. The molecule has 1 atom stereocenters. The van der Waals surface area contributed by atoms with E-state index in [0.717, 1.165) is 30.7 Å². The van der Waals surface area contributed by atoms with Gasteiger partial charge in [0.15, 0.2) is 5.82 Å². The molecule has 0 saturated heterocycles. The van der Waals surface area contributed by atoms with Gasteiger partial charge < -0.3 is 10.2 Å². The number of phenols is 1. The minimum absolute atomic E-state index is 0.215. The van der Waals surface area contributed by atoms with Gasteiger partial charge in [0.1, 0.15) is 17.8 Å². The Kier molecular flexibility index (Phi) is 2.33. The van der Waals surface area contributed by atoms with E-state index in [1.807, 2.05) is 0 Å². The zero-order valence-electron chi connectivity index (χ0n) is 9.24. The quantitative estimate of drug-likeness (QED) is 0.779. The monoisotopic (exact) mass is 231 g/mol. The van der Waals surface area contributed by atoms with Crippen LogP contribution >= 0.6 is 0 Å². The lowest BCUT2D eigenvalue weighted by Crippen LogP contribution is -2.18. The number of aromatic nitrogens is 3. The summed E-state index contributed by atoms with van der Waals surface area (Å²) >= 11 is 0. The summed E-state index contributed by atoms with van der Waals surface area (Å²) in [6.45, 7) is 0. The molecule has 2 aromatic rings. The number of aliphatic hydroxyl groups is 1. The van der Waals surface area contributed by atoms with Gasteiger partial charge in [-0.1, -0.05) is 0 Å². The van der Waals surface area contributed by atoms with Crippen molar-refractivity contribution in [1.29, 1.82) is 0 Å². The van der Waals surface area contributed by atoms with E-state index in [1.165, 1.54) is 0 Å². The summed E-state index contributed by atoms with van der Waals surface area (Å²) < 4.78 is 1.77. The largest absolute Gasteiger partial charge is 0.508 e. The van der Waals surface area contributed by atoms with Crippen molar-refractivity contribution in [2.24, 2.45) is 0 Å². The van der Waals surface area contributed by atoms with E-state index in [0.29, 0.717) is 5.82 Å². The van der Waals surface area contributed by atoms with Gasteiger partial charge in [0.25, 0.3) is 0 Å². The number of hydrogen-bond donors (Lipinski definition) is 2. The number of hydrogen-bond acceptors (Lipinski definition) is 4. The molecule has 0 fully saturated rings. The van der Waals surface area contributed by atoms with Crippen LogP contribution in [0.1, 0.15) is 24.9 Å². The molecule has 0 amide bonds. The van der Waals surface area contributed by atoms with E-state index >= 15 is 0 Å². The first-order valence-electron chi connectivity index (χ1n) is 5.67. The Balaban J connectivity index is 2.09. The Morgan fingerprint density at radius 3 is 2.71 bits per heavy atom. The van der Waals surface area contributed by atoms with Gasteiger partial charge in [0.05, 0.1) is 0 Å². The summed E-state index contributed by atoms with van der Waals surface area (Å²) in [7, 11) is 0. The SMILES string of the molecule is Oc1ccc(-c2nnc3n2C(O)CCC3)cc1. The summed E-state index contributed by atoms with van der Waals surface area (Å²) in [5, 5.41) is 27.4. The molecule has 17 heavy (non-hydrogen) atoms. The zero-order chi connectivity index (χ0) is 11.8. The third-order valence-electron chi connectivity index (χ3n) is 3.05. The smallest absolute Gasteiger partial charge is 0.166 e. The first-order chi connectivity index (χ1) is 8.25. The lowest BCUT2D eigenvalue weighted by atomic mass is 10.1. The van der Waals surface area contributed by atoms with Crippen molar-refractivity contribution in [3.63, 3.8) is 0 Å². The Morgan fingerprint density at radius 1 is 1.18 bits per heavy atom. The normalized spacial score (nSPS) is 19.0. The van der Waals surface area contributed by atoms with Gasteiger partial charge >= 0.3 is 0 Å². The fraction of sp³-hybridized carbons (Fsp3) is 0.333. The van der Waals surface area contributed by atoms with Crippen LogP contribution in [0.4, 0.5) is 0 Å². The molecule has 0 radical (unpaired) electrons. The van der Waals surface area contributed by atoms with Crippen molar-refractivity contribution < 1.29 is 10.2 Å². The summed E-state index contributed by atoms with van der Waals surface area (Å²) in [6, 6.07) is 6.75. The molecule has 2 heterocycles. The first-order valence-corrected chi connectivity index (χ1v) is 5.67. The third-order valence-corrected chi connectivity index (χ3v) is 3.05. The van der Waals surface area contributed by atoms with Gasteiger partial charge in [-0.2, -0.15) is 0 Å². The van der Waals surface area contributed by atoms with Gasteiger partial charge in [-0.3, -0.25) is 4.57 Å². The standard InChI is InChI=1S/C12H13N3O2/c16-9-6-4-8(5-7-9)12-14-13-10-2-1-3-11(17)15(10)12/h4-7,11,16-17H,1-3H2. The Morgan fingerprint density at radius 2 is 1.94 bits per heavy atom. The van der Waals surface area contributed by atoms with E-state index < -0.39 is 6.23 Å². The minimum atomic E-state index is -0.544. The van der Waals surface area contributed by atoms with Crippen LogP contribution in [0.5, 0.6) is 5.75 Å². The van der Waals surface area contributed by atoms with Crippen LogP contribution < -0.4 is 0 Å². The molecular formula is C12H13N3O2. The second-order valence-electron chi connectivity index (χ2n) is 4.23. The van der Waals surface area contributed by atoms with E-state index in [1.54, 1.807) is 28.8 Å². The molecule has 1 aliphatic rings. The highest BCUT2D eigenvalue weighted by molar-refractivity contribution is 5.56. The van der Waals surface area contributed by atoms with E-state index in [9.17, 15) is 10.2 Å². The highest BCUT2D eigenvalue weighted by Crippen LogP contribution is 2.28. The molecule has 1 aliphatic heterocycles. The maximum Gasteiger partial charge on any atom is 0.166 e. The summed E-state index contributed by atoms with van der Waals surface area (Å²) in [5.74, 6) is 1.70. The minimum Gasteiger partial charge on any atom is -0.508 e. The van der Waals surface area contributed by atoms with Crippen molar-refractivity contribution in [2.75, 3.05) is 0 Å². The molecule has 2 N–H and O–H groups in total. The molecule has 1 unspecified atom stereocenters. The highest BCUT2D eigenvalue weighted by Gasteiger charge is 2.23. The maximum absolute atomic E-state index is 9.98. The second-order valence-corrected chi connectivity index (χ2v) is 4.23. The van der Waals surface area contributed by atoms with E-state index in [2.05, 4.69) is 10.2 Å². The van der Waals surface area contributed by atoms with E-state index in [4.69, 9.17) is 0 Å². The highest BCUT2D eigenvalue weighted by atomic mass is 16.3. The van der Waals surface area contributed by atoms with Crippen molar-refractivity contribution in [3.8, 4) is 17.1 Å². The van der Waals surface area contributed by atoms with Crippen LogP contribution in [0.2, 0.25) is 0 Å². The van der Waals surface area contributed by atoms with Crippen molar-refractivity contribution in [2.45, 2.75) is 25.5 Å². The Labute approximate surface area is 98.4 Å². The topological polar surface area (TPSA) is 71.2 Å². The van der Waals surface area contributed by atoms with Crippen LogP contribution in [-0.4, -0.2) is 25.0 Å². The lowest BCUT2D eigenvalue weighted by molar-refractivity contribution is 0.0796. The molecule has 1 aromatic carbocycles. The van der Waals surface area contributed by atoms with Crippen molar-refractivity contribution in [1.82, 2.24) is 14.8 Å². The van der Waals surface area contributed by atoms with Crippen molar-refractivity contribution in [3.05, 3.63) is 30.1 Å². The lowest BCUT2D eigenvalue weighted by Gasteiger charge is -2.21. The molecule has 0 aliphatic carbocycles. The van der Waals surface area contributed by atoms with Crippen LogP contribution in [-0.2, 0) is 6.42 Å². The predicted octanol–water partition coefficient (Wildman–Crippen LogP) is 1.48. The van der Waals surface area contributed by atoms with Gasteiger partial charge in [-0.15, -0.1) is 10.2 Å². The van der Waals surface area contributed by atoms with Crippen molar-refractivity contribution >= 4 is 0 Å². The summed E-state index contributed by atoms with van der Waals surface area (Å²) in [6.07, 6.45) is 1.98. The summed E-state index contributed by atoms with van der Waals surface area (Å²) in [4.78, 5) is 0. The van der Waals surface area contributed by atoms with Crippen LogP contribution in [0.25, 0.3) is 11.4 Å². The van der Waals surface area contributed by atoms with Crippen LogP contribution in [0, 0.1) is 0 Å². The Hall–Kier alpha value is -1.88. The zero-order valence-corrected chi connectivity index (χ0v) is 9.24. The first kappa shape index (κ1) is 10.3. The van der Waals surface area contributed by atoms with Gasteiger partial charge in [-0.05, 0) is 37.1 Å². The molecule has 1 aromatic heterocycles. The average molecular weight is 231 g/mol. The molecule has 3 rings (SSSR count). The molecule has 5 nitrogen and oxygen atoms in total. The van der Waals surface area contributed by atoms with E-state index in [-0.39, 0.29) is 5.75 Å².